The first-order valence-electron chi connectivity index (χ1n) is 6.62. The smallest absolute Gasteiger partial charge is 0.329 e. The Labute approximate surface area is 115 Å². The molecule has 6 nitrogen and oxygen atoms in total. The molecule has 3 aliphatic rings. The van der Waals surface area contributed by atoms with Crippen LogP contribution in [-0.2, 0) is 29.6 Å². The molecule has 1 atom stereocenters. The Hall–Kier alpha value is -1.92. The lowest BCUT2D eigenvalue weighted by molar-refractivity contribution is -0.181. The highest BCUT2D eigenvalue weighted by atomic mass is 16.7. The number of anilines is 1. The van der Waals surface area contributed by atoms with Crippen LogP contribution in [0.25, 0.3) is 0 Å². The van der Waals surface area contributed by atoms with Crippen molar-refractivity contribution in [2.24, 2.45) is 0 Å². The minimum Gasteiger partial charge on any atom is -0.464 e. The first kappa shape index (κ1) is 11.9. The number of amides is 1. The van der Waals surface area contributed by atoms with Gasteiger partial charge in [-0.25, -0.2) is 4.79 Å². The van der Waals surface area contributed by atoms with E-state index < -0.39 is 11.8 Å². The zero-order chi connectivity index (χ0) is 13.7. The Morgan fingerprint density at radius 2 is 1.85 bits per heavy atom. The molecule has 1 unspecified atom stereocenters. The Bertz CT molecular complexity index is 593. The maximum absolute atomic E-state index is 12.8. The summed E-state index contributed by atoms with van der Waals surface area (Å²) in [4.78, 5) is 26.1. The monoisotopic (exact) mass is 275 g/mol. The van der Waals surface area contributed by atoms with Crippen LogP contribution in [0.4, 0.5) is 5.69 Å². The first-order chi connectivity index (χ1) is 9.74. The topological polar surface area (TPSA) is 65.1 Å². The number of ether oxygens (including phenoxy) is 3. The van der Waals surface area contributed by atoms with Gasteiger partial charge in [0.1, 0.15) is 6.04 Å². The fraction of sp³-hybridized carbons (Fsp3) is 0.429. The third-order valence-electron chi connectivity index (χ3n) is 3.93. The van der Waals surface area contributed by atoms with Crippen LogP contribution in [0.3, 0.4) is 0 Å². The third-order valence-corrected chi connectivity index (χ3v) is 3.93. The van der Waals surface area contributed by atoms with Crippen molar-refractivity contribution in [1.82, 2.24) is 0 Å². The van der Waals surface area contributed by atoms with Crippen LogP contribution in [0.2, 0.25) is 0 Å². The van der Waals surface area contributed by atoms with Crippen molar-refractivity contribution >= 4 is 17.6 Å². The molecule has 3 aliphatic heterocycles. The summed E-state index contributed by atoms with van der Waals surface area (Å²) < 4.78 is 16.2. The molecule has 1 aromatic rings. The number of para-hydroxylation sites is 1. The van der Waals surface area contributed by atoms with Crippen molar-refractivity contribution in [2.75, 3.05) is 24.7 Å². The Kier molecular flexibility index (Phi) is 2.40. The number of fused-ring (bicyclic) bond motifs is 2. The third kappa shape index (κ3) is 1.35. The Balaban J connectivity index is 1.85. The number of esters is 1. The summed E-state index contributed by atoms with van der Waals surface area (Å²) in [5.74, 6) is -2.08. The van der Waals surface area contributed by atoms with Crippen molar-refractivity contribution in [3.8, 4) is 0 Å². The maximum atomic E-state index is 12.8. The lowest BCUT2D eigenvalue weighted by Gasteiger charge is -2.24. The molecule has 0 bridgehead atoms. The normalized spacial score (nSPS) is 27.2. The van der Waals surface area contributed by atoms with E-state index in [0.717, 1.165) is 0 Å². The summed E-state index contributed by atoms with van der Waals surface area (Å²) in [5.41, 5.74) is 1.34. The predicted octanol–water partition coefficient (Wildman–Crippen LogP) is 0.548. The van der Waals surface area contributed by atoms with Gasteiger partial charge in [0.05, 0.1) is 25.5 Å². The molecule has 20 heavy (non-hydrogen) atoms. The van der Waals surface area contributed by atoms with Crippen LogP contribution in [0.1, 0.15) is 12.0 Å². The fourth-order valence-corrected chi connectivity index (χ4v) is 3.07. The largest absolute Gasteiger partial charge is 0.464 e. The van der Waals surface area contributed by atoms with E-state index in [9.17, 15) is 9.59 Å². The minimum atomic E-state index is -1.38. The van der Waals surface area contributed by atoms with Crippen LogP contribution in [0.5, 0.6) is 0 Å². The van der Waals surface area contributed by atoms with Gasteiger partial charge in [0.25, 0.3) is 11.7 Å². The first-order valence-corrected chi connectivity index (χ1v) is 6.62. The van der Waals surface area contributed by atoms with E-state index in [4.69, 9.17) is 14.2 Å². The lowest BCUT2D eigenvalue weighted by atomic mass is 10.1. The van der Waals surface area contributed by atoms with Crippen LogP contribution < -0.4 is 4.90 Å². The molecular weight excluding hydrogens is 262 g/mol. The number of nitrogens with zero attached hydrogens (tertiary/aromatic N) is 1. The summed E-state index contributed by atoms with van der Waals surface area (Å²) in [6, 6.07) is 6.68. The maximum Gasteiger partial charge on any atom is 0.329 e. The van der Waals surface area contributed by atoms with Crippen molar-refractivity contribution in [3.05, 3.63) is 29.8 Å². The summed E-state index contributed by atoms with van der Waals surface area (Å²) in [6.45, 7) is 1.07. The van der Waals surface area contributed by atoms with Gasteiger partial charge < -0.3 is 14.2 Å². The van der Waals surface area contributed by atoms with Crippen LogP contribution in [0.15, 0.2) is 24.3 Å². The average Bonchev–Trinajstić information content (AvgIpc) is 3.14. The van der Waals surface area contributed by atoms with E-state index in [1.807, 2.05) is 12.1 Å². The second kappa shape index (κ2) is 4.04. The standard InChI is InChI=1S/C14H13NO5/c16-12-11(5-6-18-12)15-10-4-2-1-3-9(10)14(13(15)17)19-7-8-20-14/h1-4,11H,5-8H2. The van der Waals surface area contributed by atoms with Gasteiger partial charge in [0.15, 0.2) is 0 Å². The van der Waals surface area contributed by atoms with Gasteiger partial charge in [-0.2, -0.15) is 0 Å². The fourth-order valence-electron chi connectivity index (χ4n) is 3.07. The highest BCUT2D eigenvalue weighted by Gasteiger charge is 2.58. The van der Waals surface area contributed by atoms with Crippen LogP contribution in [0, 0.1) is 0 Å². The van der Waals surface area contributed by atoms with Gasteiger partial charge >= 0.3 is 5.97 Å². The van der Waals surface area contributed by atoms with Gasteiger partial charge in [0, 0.05) is 12.0 Å². The number of hydrogen-bond donors (Lipinski definition) is 0. The van der Waals surface area contributed by atoms with Gasteiger partial charge in [-0.1, -0.05) is 18.2 Å². The number of benzene rings is 1. The lowest BCUT2D eigenvalue weighted by Crippen LogP contribution is -2.47. The van der Waals surface area contributed by atoms with E-state index in [1.54, 1.807) is 12.1 Å². The molecule has 104 valence electrons. The molecular formula is C14H13NO5. The molecule has 0 N–H and O–H groups in total. The van der Waals surface area contributed by atoms with E-state index in [0.29, 0.717) is 37.5 Å². The molecule has 0 aliphatic carbocycles. The second-order valence-electron chi connectivity index (χ2n) is 4.98. The average molecular weight is 275 g/mol. The van der Waals surface area contributed by atoms with Crippen molar-refractivity contribution in [2.45, 2.75) is 18.2 Å². The number of hydrogen-bond acceptors (Lipinski definition) is 5. The number of cyclic esters (lactones) is 1. The zero-order valence-corrected chi connectivity index (χ0v) is 10.7. The highest BCUT2D eigenvalue weighted by Crippen LogP contribution is 2.47. The van der Waals surface area contributed by atoms with Crippen LogP contribution in [-0.4, -0.2) is 37.7 Å². The van der Waals surface area contributed by atoms with Gasteiger partial charge in [0.2, 0.25) is 0 Å². The van der Waals surface area contributed by atoms with E-state index >= 15 is 0 Å². The summed E-state index contributed by atoms with van der Waals surface area (Å²) >= 11 is 0. The Morgan fingerprint density at radius 3 is 2.55 bits per heavy atom. The summed E-state index contributed by atoms with van der Waals surface area (Å²) in [5, 5.41) is 0. The van der Waals surface area contributed by atoms with Crippen molar-refractivity contribution in [1.29, 1.82) is 0 Å². The molecule has 1 spiro atoms. The van der Waals surface area contributed by atoms with Gasteiger partial charge in [-0.3, -0.25) is 9.69 Å². The molecule has 4 rings (SSSR count). The predicted molar refractivity (Wildman–Crippen MR) is 66.9 cm³/mol. The molecule has 0 aromatic heterocycles. The molecule has 6 heteroatoms. The molecule has 1 aromatic carbocycles. The molecule has 3 heterocycles. The molecule has 0 radical (unpaired) electrons. The van der Waals surface area contributed by atoms with E-state index in [1.165, 1.54) is 4.90 Å². The number of carbonyl (C=O) groups excluding carboxylic acids is 2. The SMILES string of the molecule is O=C1OCCC1N1C(=O)C2(OCCO2)c2ccccc21. The highest BCUT2D eigenvalue weighted by molar-refractivity contribution is 6.09. The second-order valence-corrected chi connectivity index (χ2v) is 4.98. The molecule has 0 saturated carbocycles. The molecule has 2 saturated heterocycles. The summed E-state index contributed by atoms with van der Waals surface area (Å²) in [6.07, 6.45) is 0.495. The van der Waals surface area contributed by atoms with E-state index in [-0.39, 0.29) is 11.9 Å². The van der Waals surface area contributed by atoms with Gasteiger partial charge in [-0.15, -0.1) is 0 Å². The van der Waals surface area contributed by atoms with Gasteiger partial charge in [-0.05, 0) is 6.07 Å². The van der Waals surface area contributed by atoms with Crippen LogP contribution >= 0.6 is 0 Å². The summed E-state index contributed by atoms with van der Waals surface area (Å²) in [7, 11) is 0. The zero-order valence-electron chi connectivity index (χ0n) is 10.7. The van der Waals surface area contributed by atoms with E-state index in [2.05, 4.69) is 0 Å². The number of rotatable bonds is 1. The number of carbonyl (C=O) groups is 2. The minimum absolute atomic E-state index is 0.333. The quantitative estimate of drug-likeness (QED) is 0.700. The molecule has 1 amide bonds. The van der Waals surface area contributed by atoms with Crippen molar-refractivity contribution in [3.63, 3.8) is 0 Å². The Morgan fingerprint density at radius 1 is 1.10 bits per heavy atom. The molecule has 2 fully saturated rings. The van der Waals surface area contributed by atoms with Crippen molar-refractivity contribution < 1.29 is 23.8 Å².